The van der Waals surface area contributed by atoms with Crippen LogP contribution in [0.4, 0.5) is 0 Å². The molecule has 0 aliphatic carbocycles. The Kier molecular flexibility index (Phi) is 6.49. The zero-order valence-corrected chi connectivity index (χ0v) is 17.5. The van der Waals surface area contributed by atoms with Gasteiger partial charge >= 0.3 is 0 Å². The summed E-state index contributed by atoms with van der Waals surface area (Å²) in [6.45, 7) is 2.14. The quantitative estimate of drug-likeness (QED) is 0.491. The van der Waals surface area contributed by atoms with Gasteiger partial charge in [0.25, 0.3) is 0 Å². The zero-order chi connectivity index (χ0) is 20.8. The van der Waals surface area contributed by atoms with Gasteiger partial charge in [-0.2, -0.15) is 4.98 Å². The van der Waals surface area contributed by atoms with Gasteiger partial charge < -0.3 is 19.5 Å². The highest BCUT2D eigenvalue weighted by Gasteiger charge is 2.23. The number of halogens is 1. The van der Waals surface area contributed by atoms with Gasteiger partial charge in [0, 0.05) is 43.6 Å². The molecule has 1 aromatic heterocycles. The lowest BCUT2D eigenvalue weighted by Crippen LogP contribution is -2.47. The maximum atomic E-state index is 6.07. The molecule has 2 aromatic carbocycles. The second-order valence-corrected chi connectivity index (χ2v) is 7.48. The highest BCUT2D eigenvalue weighted by atomic mass is 35.5. The van der Waals surface area contributed by atoms with Gasteiger partial charge in [-0.15, -0.1) is 0 Å². The van der Waals surface area contributed by atoms with E-state index < -0.39 is 0 Å². The molecule has 0 atom stereocenters. The van der Waals surface area contributed by atoms with E-state index in [2.05, 4.69) is 25.3 Å². The SMILES string of the molecule is CN=C(NCc1nc(-c2cccc(Cl)c2)no1)N1CCC(Oc2ccccc2)CC1. The third kappa shape index (κ3) is 5.10. The molecule has 156 valence electrons. The standard InChI is InChI=1S/C22H24ClN5O2/c1-24-22(28-12-10-19(11-13-28)29-18-8-3-2-4-9-18)25-15-20-26-21(27-30-20)16-6-5-7-17(23)14-16/h2-9,14,19H,10-13,15H2,1H3,(H,24,25). The lowest BCUT2D eigenvalue weighted by Gasteiger charge is -2.34. The van der Waals surface area contributed by atoms with Crippen molar-refractivity contribution in [2.24, 2.45) is 4.99 Å². The fourth-order valence-electron chi connectivity index (χ4n) is 3.44. The van der Waals surface area contributed by atoms with E-state index >= 15 is 0 Å². The van der Waals surface area contributed by atoms with E-state index in [1.165, 1.54) is 0 Å². The first-order valence-corrected chi connectivity index (χ1v) is 10.3. The molecule has 0 saturated carbocycles. The number of nitrogens with one attached hydrogen (secondary N) is 1. The average Bonchev–Trinajstić information content (AvgIpc) is 3.25. The number of hydrogen-bond donors (Lipinski definition) is 1. The van der Waals surface area contributed by atoms with Gasteiger partial charge in [-0.05, 0) is 24.3 Å². The number of likely N-dealkylation sites (tertiary alicyclic amines) is 1. The van der Waals surface area contributed by atoms with Crippen molar-refractivity contribution in [3.63, 3.8) is 0 Å². The van der Waals surface area contributed by atoms with Crippen LogP contribution < -0.4 is 10.1 Å². The van der Waals surface area contributed by atoms with Gasteiger partial charge in [-0.1, -0.05) is 47.1 Å². The highest BCUT2D eigenvalue weighted by Crippen LogP contribution is 2.20. The maximum absolute atomic E-state index is 6.07. The minimum Gasteiger partial charge on any atom is -0.490 e. The molecule has 1 aliphatic heterocycles. The first-order chi connectivity index (χ1) is 14.7. The van der Waals surface area contributed by atoms with E-state index in [-0.39, 0.29) is 6.10 Å². The number of nitrogens with zero attached hydrogens (tertiary/aromatic N) is 4. The molecule has 0 amide bonds. The summed E-state index contributed by atoms with van der Waals surface area (Å²) >= 11 is 6.04. The van der Waals surface area contributed by atoms with Crippen LogP contribution in [0.5, 0.6) is 5.75 Å². The molecule has 0 spiro atoms. The molecule has 1 saturated heterocycles. The summed E-state index contributed by atoms with van der Waals surface area (Å²) < 4.78 is 11.4. The number of ether oxygens (including phenoxy) is 1. The number of aromatic nitrogens is 2. The lowest BCUT2D eigenvalue weighted by atomic mass is 10.1. The van der Waals surface area contributed by atoms with Gasteiger partial charge in [0.1, 0.15) is 11.9 Å². The Bertz CT molecular complexity index is 984. The Morgan fingerprint density at radius 2 is 2.00 bits per heavy atom. The molecule has 1 fully saturated rings. The van der Waals surface area contributed by atoms with Gasteiger partial charge in [-0.3, -0.25) is 4.99 Å². The molecule has 8 heteroatoms. The largest absolute Gasteiger partial charge is 0.490 e. The van der Waals surface area contributed by atoms with Crippen molar-refractivity contribution in [2.75, 3.05) is 20.1 Å². The van der Waals surface area contributed by atoms with Crippen LogP contribution in [-0.2, 0) is 6.54 Å². The summed E-state index contributed by atoms with van der Waals surface area (Å²) in [5, 5.41) is 7.98. The van der Waals surface area contributed by atoms with Crippen LogP contribution >= 0.6 is 11.6 Å². The van der Waals surface area contributed by atoms with Crippen molar-refractivity contribution in [1.82, 2.24) is 20.4 Å². The number of rotatable bonds is 5. The summed E-state index contributed by atoms with van der Waals surface area (Å²) in [5.74, 6) is 2.75. The van der Waals surface area contributed by atoms with Crippen molar-refractivity contribution >= 4 is 17.6 Å². The molecule has 3 aromatic rings. The Balaban J connectivity index is 1.28. The molecule has 30 heavy (non-hydrogen) atoms. The Labute approximate surface area is 180 Å². The van der Waals surface area contributed by atoms with Crippen molar-refractivity contribution < 1.29 is 9.26 Å². The minimum atomic E-state index is 0.220. The Morgan fingerprint density at radius 1 is 1.20 bits per heavy atom. The van der Waals surface area contributed by atoms with Gasteiger partial charge in [0.15, 0.2) is 5.96 Å². The summed E-state index contributed by atoms with van der Waals surface area (Å²) in [7, 11) is 1.78. The molecule has 0 radical (unpaired) electrons. The zero-order valence-electron chi connectivity index (χ0n) is 16.8. The monoisotopic (exact) mass is 425 g/mol. The first-order valence-electron chi connectivity index (χ1n) is 9.97. The van der Waals surface area contributed by atoms with E-state index in [4.69, 9.17) is 20.9 Å². The number of aliphatic imine (C=N–C) groups is 1. The summed E-state index contributed by atoms with van der Waals surface area (Å²) in [6, 6.07) is 17.3. The van der Waals surface area contributed by atoms with E-state index in [0.29, 0.717) is 23.3 Å². The lowest BCUT2D eigenvalue weighted by molar-refractivity contribution is 0.129. The number of benzene rings is 2. The second-order valence-electron chi connectivity index (χ2n) is 7.04. The average molecular weight is 426 g/mol. The fraction of sp³-hybridized carbons (Fsp3) is 0.318. The van der Waals surface area contributed by atoms with Gasteiger partial charge in [-0.25, -0.2) is 0 Å². The number of piperidine rings is 1. The summed E-state index contributed by atoms with van der Waals surface area (Å²) in [6.07, 6.45) is 2.10. The molecule has 7 nitrogen and oxygen atoms in total. The van der Waals surface area contributed by atoms with Crippen LogP contribution in [0.1, 0.15) is 18.7 Å². The van der Waals surface area contributed by atoms with Crippen molar-refractivity contribution in [1.29, 1.82) is 0 Å². The van der Waals surface area contributed by atoms with Crippen LogP contribution in [0.3, 0.4) is 0 Å². The third-order valence-corrected chi connectivity index (χ3v) is 5.18. The Morgan fingerprint density at radius 3 is 2.73 bits per heavy atom. The predicted octanol–water partition coefficient (Wildman–Crippen LogP) is 4.01. The number of guanidine groups is 1. The van der Waals surface area contributed by atoms with E-state index in [1.807, 2.05) is 54.6 Å². The molecular weight excluding hydrogens is 402 g/mol. The molecule has 0 unspecified atom stereocenters. The number of para-hydroxylation sites is 1. The molecule has 2 heterocycles. The van der Waals surface area contributed by atoms with Crippen LogP contribution in [-0.4, -0.2) is 47.2 Å². The predicted molar refractivity (Wildman–Crippen MR) is 117 cm³/mol. The van der Waals surface area contributed by atoms with Crippen LogP contribution in [0, 0.1) is 0 Å². The van der Waals surface area contributed by atoms with Gasteiger partial charge in [0.2, 0.25) is 11.7 Å². The smallest absolute Gasteiger partial charge is 0.246 e. The molecule has 4 rings (SSSR count). The van der Waals surface area contributed by atoms with Crippen molar-refractivity contribution in [3.8, 4) is 17.1 Å². The van der Waals surface area contributed by atoms with Crippen molar-refractivity contribution in [2.45, 2.75) is 25.5 Å². The second kappa shape index (κ2) is 9.63. The molecule has 1 N–H and O–H groups in total. The first kappa shape index (κ1) is 20.2. The normalized spacial score (nSPS) is 15.3. The molecule has 0 bridgehead atoms. The van der Waals surface area contributed by atoms with E-state index in [9.17, 15) is 0 Å². The van der Waals surface area contributed by atoms with Crippen LogP contribution in [0.2, 0.25) is 5.02 Å². The topological polar surface area (TPSA) is 75.8 Å². The summed E-state index contributed by atoms with van der Waals surface area (Å²) in [5.41, 5.74) is 0.822. The van der Waals surface area contributed by atoms with Gasteiger partial charge in [0.05, 0.1) is 6.54 Å². The molecule has 1 aliphatic rings. The summed E-state index contributed by atoms with van der Waals surface area (Å²) in [4.78, 5) is 11.1. The molecular formula is C22H24ClN5O2. The minimum absolute atomic E-state index is 0.220. The third-order valence-electron chi connectivity index (χ3n) is 4.95. The maximum Gasteiger partial charge on any atom is 0.246 e. The van der Waals surface area contributed by atoms with Crippen molar-refractivity contribution in [3.05, 3.63) is 65.5 Å². The highest BCUT2D eigenvalue weighted by molar-refractivity contribution is 6.30. The van der Waals surface area contributed by atoms with E-state index in [0.717, 1.165) is 43.2 Å². The van der Waals surface area contributed by atoms with E-state index in [1.54, 1.807) is 7.05 Å². The van der Waals surface area contributed by atoms with Crippen LogP contribution in [0.15, 0.2) is 64.1 Å². The van der Waals surface area contributed by atoms with Crippen LogP contribution in [0.25, 0.3) is 11.4 Å². The fourth-order valence-corrected chi connectivity index (χ4v) is 3.63. The number of hydrogen-bond acceptors (Lipinski definition) is 5. The Hall–Kier alpha value is -3.06.